The number of aryl methyl sites for hydroxylation is 1. The quantitative estimate of drug-likeness (QED) is 0.786. The van der Waals surface area contributed by atoms with E-state index in [2.05, 4.69) is 30.9 Å². The summed E-state index contributed by atoms with van der Waals surface area (Å²) in [7, 11) is 1.86. The first kappa shape index (κ1) is 12.4. The SMILES string of the molecule is Cn1ncc2c(=O)[nH]c3c(c21)COC(C(C)(C)C)C3. The van der Waals surface area contributed by atoms with Gasteiger partial charge in [0, 0.05) is 24.7 Å². The number of aromatic nitrogens is 3. The standard InChI is InChI=1S/C14H19N3O2/c1-14(2,3)11-5-10-9(7-19-11)12-8(13(18)16-10)6-15-17(12)4/h6,11H,5,7H2,1-4H3,(H,16,18). The Morgan fingerprint density at radius 3 is 2.89 bits per heavy atom. The number of fused-ring (bicyclic) bond motifs is 3. The summed E-state index contributed by atoms with van der Waals surface area (Å²) in [6.45, 7) is 7.00. The van der Waals surface area contributed by atoms with Gasteiger partial charge in [-0.2, -0.15) is 5.10 Å². The van der Waals surface area contributed by atoms with E-state index in [-0.39, 0.29) is 17.1 Å². The van der Waals surface area contributed by atoms with Crippen molar-refractivity contribution in [1.82, 2.24) is 14.8 Å². The lowest BCUT2D eigenvalue weighted by Crippen LogP contribution is -2.36. The van der Waals surface area contributed by atoms with E-state index in [1.54, 1.807) is 10.9 Å². The maximum Gasteiger partial charge on any atom is 0.259 e. The molecule has 0 saturated heterocycles. The predicted octanol–water partition coefficient (Wildman–Crippen LogP) is 1.75. The Balaban J connectivity index is 2.17. The Hall–Kier alpha value is -1.62. The molecule has 1 aliphatic heterocycles. The molecule has 0 aromatic carbocycles. The monoisotopic (exact) mass is 261 g/mol. The molecule has 0 amide bonds. The molecule has 5 heteroatoms. The van der Waals surface area contributed by atoms with Crippen LogP contribution in [0.1, 0.15) is 32.0 Å². The van der Waals surface area contributed by atoms with Crippen molar-refractivity contribution < 1.29 is 4.74 Å². The van der Waals surface area contributed by atoms with Crippen LogP contribution < -0.4 is 5.56 Å². The van der Waals surface area contributed by atoms with Crippen molar-refractivity contribution in [3.05, 3.63) is 27.8 Å². The number of H-pyrrole nitrogens is 1. The molecule has 0 radical (unpaired) electrons. The molecule has 19 heavy (non-hydrogen) atoms. The lowest BCUT2D eigenvalue weighted by molar-refractivity contribution is -0.0381. The largest absolute Gasteiger partial charge is 0.372 e. The van der Waals surface area contributed by atoms with Crippen LogP contribution in [-0.4, -0.2) is 20.9 Å². The van der Waals surface area contributed by atoms with Crippen molar-refractivity contribution in [3.63, 3.8) is 0 Å². The van der Waals surface area contributed by atoms with Gasteiger partial charge in [0.05, 0.1) is 29.8 Å². The highest BCUT2D eigenvalue weighted by Crippen LogP contribution is 2.32. The third kappa shape index (κ3) is 1.89. The molecule has 2 aromatic rings. The van der Waals surface area contributed by atoms with Crippen LogP contribution in [0.15, 0.2) is 11.0 Å². The summed E-state index contributed by atoms with van der Waals surface area (Å²) in [5, 5.41) is 4.81. The molecule has 1 N–H and O–H groups in total. The maximum atomic E-state index is 12.1. The summed E-state index contributed by atoms with van der Waals surface area (Å²) < 4.78 is 7.73. The van der Waals surface area contributed by atoms with Crippen LogP contribution in [0.4, 0.5) is 0 Å². The zero-order valence-electron chi connectivity index (χ0n) is 11.8. The van der Waals surface area contributed by atoms with E-state index in [1.807, 2.05) is 7.05 Å². The minimum atomic E-state index is -0.0589. The molecule has 1 atom stereocenters. The lowest BCUT2D eigenvalue weighted by Gasteiger charge is -2.34. The Labute approximate surface area is 111 Å². The smallest absolute Gasteiger partial charge is 0.259 e. The van der Waals surface area contributed by atoms with Crippen molar-refractivity contribution in [2.45, 2.75) is 39.9 Å². The van der Waals surface area contributed by atoms with Gasteiger partial charge < -0.3 is 9.72 Å². The van der Waals surface area contributed by atoms with E-state index in [4.69, 9.17) is 4.74 Å². The van der Waals surface area contributed by atoms with Crippen molar-refractivity contribution in [1.29, 1.82) is 0 Å². The number of nitrogens with one attached hydrogen (secondary N) is 1. The van der Waals surface area contributed by atoms with Crippen molar-refractivity contribution in [2.24, 2.45) is 12.5 Å². The highest BCUT2D eigenvalue weighted by Gasteiger charge is 2.31. The van der Waals surface area contributed by atoms with Gasteiger partial charge in [-0.3, -0.25) is 9.48 Å². The number of hydrogen-bond acceptors (Lipinski definition) is 3. The first-order valence-electron chi connectivity index (χ1n) is 6.55. The Morgan fingerprint density at radius 1 is 1.47 bits per heavy atom. The molecule has 2 aromatic heterocycles. The molecule has 0 bridgehead atoms. The zero-order chi connectivity index (χ0) is 13.8. The van der Waals surface area contributed by atoms with Crippen molar-refractivity contribution >= 4 is 10.9 Å². The number of pyridine rings is 1. The Morgan fingerprint density at radius 2 is 2.21 bits per heavy atom. The van der Waals surface area contributed by atoms with Gasteiger partial charge in [-0.25, -0.2) is 0 Å². The van der Waals surface area contributed by atoms with Gasteiger partial charge >= 0.3 is 0 Å². The molecular weight excluding hydrogens is 242 g/mol. The van der Waals surface area contributed by atoms with Gasteiger partial charge in [0.1, 0.15) is 0 Å². The fraction of sp³-hybridized carbons (Fsp3) is 0.571. The van der Waals surface area contributed by atoms with E-state index in [1.165, 1.54) is 0 Å². The summed E-state index contributed by atoms with van der Waals surface area (Å²) in [5.74, 6) is 0. The van der Waals surface area contributed by atoms with Gasteiger partial charge in [-0.1, -0.05) is 20.8 Å². The highest BCUT2D eigenvalue weighted by atomic mass is 16.5. The predicted molar refractivity (Wildman–Crippen MR) is 73.1 cm³/mol. The third-order valence-electron chi connectivity index (χ3n) is 3.88. The molecule has 1 unspecified atom stereocenters. The molecule has 0 saturated carbocycles. The van der Waals surface area contributed by atoms with Gasteiger partial charge in [0.25, 0.3) is 5.56 Å². The fourth-order valence-corrected chi connectivity index (χ4v) is 2.70. The lowest BCUT2D eigenvalue weighted by atomic mass is 9.84. The average molecular weight is 261 g/mol. The van der Waals surface area contributed by atoms with E-state index in [9.17, 15) is 4.79 Å². The number of hydrogen-bond donors (Lipinski definition) is 1. The van der Waals surface area contributed by atoms with Crippen molar-refractivity contribution in [2.75, 3.05) is 0 Å². The van der Waals surface area contributed by atoms with E-state index < -0.39 is 0 Å². The second kappa shape index (κ2) is 3.93. The molecule has 0 aliphatic carbocycles. The summed E-state index contributed by atoms with van der Waals surface area (Å²) in [4.78, 5) is 15.1. The number of rotatable bonds is 0. The highest BCUT2D eigenvalue weighted by molar-refractivity contribution is 5.81. The van der Waals surface area contributed by atoms with Crippen molar-refractivity contribution in [3.8, 4) is 0 Å². The fourth-order valence-electron chi connectivity index (χ4n) is 2.70. The topological polar surface area (TPSA) is 59.9 Å². The van der Waals surface area contributed by atoms with Crippen LogP contribution in [0.25, 0.3) is 10.9 Å². The summed E-state index contributed by atoms with van der Waals surface area (Å²) in [6.07, 6.45) is 2.49. The van der Waals surface area contributed by atoms with Crippen LogP contribution in [-0.2, 0) is 24.8 Å². The van der Waals surface area contributed by atoms with E-state index in [0.29, 0.717) is 12.0 Å². The van der Waals surface area contributed by atoms with E-state index in [0.717, 1.165) is 23.2 Å². The molecule has 0 fully saturated rings. The van der Waals surface area contributed by atoms with Crippen LogP contribution in [0.2, 0.25) is 0 Å². The van der Waals surface area contributed by atoms with Crippen LogP contribution in [0.5, 0.6) is 0 Å². The summed E-state index contributed by atoms with van der Waals surface area (Å²) in [5.41, 5.74) is 2.96. The summed E-state index contributed by atoms with van der Waals surface area (Å²) >= 11 is 0. The first-order chi connectivity index (χ1) is 8.88. The molecule has 1 aliphatic rings. The number of ether oxygens (including phenoxy) is 1. The van der Waals surface area contributed by atoms with Gasteiger partial charge in [-0.15, -0.1) is 0 Å². The average Bonchev–Trinajstić information content (AvgIpc) is 2.71. The Kier molecular flexibility index (Phi) is 2.57. The molecular formula is C14H19N3O2. The normalized spacial score (nSPS) is 19.7. The van der Waals surface area contributed by atoms with Gasteiger partial charge in [0.15, 0.2) is 0 Å². The molecule has 3 rings (SSSR count). The Bertz CT molecular complexity index is 691. The first-order valence-corrected chi connectivity index (χ1v) is 6.55. The minimum absolute atomic E-state index is 0.0589. The molecule has 0 spiro atoms. The molecule has 5 nitrogen and oxygen atoms in total. The van der Waals surface area contributed by atoms with Crippen LogP contribution >= 0.6 is 0 Å². The molecule has 3 heterocycles. The second-order valence-electron chi connectivity index (χ2n) is 6.31. The third-order valence-corrected chi connectivity index (χ3v) is 3.88. The van der Waals surface area contributed by atoms with Gasteiger partial charge in [-0.05, 0) is 5.41 Å². The molecule has 102 valence electrons. The summed E-state index contributed by atoms with van der Waals surface area (Å²) in [6, 6.07) is 0. The number of aromatic amines is 1. The van der Waals surface area contributed by atoms with Crippen LogP contribution in [0, 0.1) is 5.41 Å². The second-order valence-corrected chi connectivity index (χ2v) is 6.31. The van der Waals surface area contributed by atoms with Crippen LogP contribution in [0.3, 0.4) is 0 Å². The minimum Gasteiger partial charge on any atom is -0.372 e. The van der Waals surface area contributed by atoms with Gasteiger partial charge in [0.2, 0.25) is 0 Å². The maximum absolute atomic E-state index is 12.1. The zero-order valence-corrected chi connectivity index (χ0v) is 11.8. The van der Waals surface area contributed by atoms with E-state index >= 15 is 0 Å². The number of nitrogens with zero attached hydrogens (tertiary/aromatic N) is 2.